The maximum atomic E-state index is 12.5. The SMILES string of the molecule is Cc1ccc(S(=O)(=O)N(C)CC2CNCCO2)c(Cl)c1. The molecule has 2 rings (SSSR count). The number of hydrogen-bond donors (Lipinski definition) is 1. The molecule has 1 unspecified atom stereocenters. The summed E-state index contributed by atoms with van der Waals surface area (Å²) in [4.78, 5) is 0.135. The lowest BCUT2D eigenvalue weighted by Gasteiger charge is -2.27. The Kier molecular flexibility index (Phi) is 5.04. The van der Waals surface area contributed by atoms with Crippen LogP contribution in [0.2, 0.25) is 5.02 Å². The van der Waals surface area contributed by atoms with Gasteiger partial charge in [-0.15, -0.1) is 0 Å². The van der Waals surface area contributed by atoms with Crippen LogP contribution in [0.3, 0.4) is 0 Å². The standard InChI is InChI=1S/C13H19ClN2O3S/c1-10-3-4-13(12(14)7-10)20(17,18)16(2)9-11-8-15-5-6-19-11/h3-4,7,11,15H,5-6,8-9H2,1-2H3. The number of hydrogen-bond acceptors (Lipinski definition) is 4. The summed E-state index contributed by atoms with van der Waals surface area (Å²) < 4.78 is 31.8. The topological polar surface area (TPSA) is 58.6 Å². The molecule has 0 spiro atoms. The van der Waals surface area contributed by atoms with Crippen LogP contribution in [0, 0.1) is 6.92 Å². The van der Waals surface area contributed by atoms with Gasteiger partial charge in [-0.3, -0.25) is 0 Å². The first-order valence-corrected chi connectivity index (χ1v) is 8.28. The molecule has 0 saturated carbocycles. The van der Waals surface area contributed by atoms with Crippen molar-refractivity contribution in [2.24, 2.45) is 0 Å². The number of nitrogens with one attached hydrogen (secondary N) is 1. The minimum absolute atomic E-state index is 0.132. The molecule has 5 nitrogen and oxygen atoms in total. The monoisotopic (exact) mass is 318 g/mol. The fourth-order valence-electron chi connectivity index (χ4n) is 2.10. The predicted molar refractivity (Wildman–Crippen MR) is 78.6 cm³/mol. The number of rotatable bonds is 4. The predicted octanol–water partition coefficient (Wildman–Crippen LogP) is 1.26. The van der Waals surface area contributed by atoms with Crippen molar-refractivity contribution in [1.82, 2.24) is 9.62 Å². The molecule has 112 valence electrons. The van der Waals surface area contributed by atoms with Gasteiger partial charge in [0.05, 0.1) is 17.7 Å². The van der Waals surface area contributed by atoms with E-state index in [0.717, 1.165) is 12.1 Å². The minimum Gasteiger partial charge on any atom is -0.374 e. The van der Waals surface area contributed by atoms with E-state index in [4.69, 9.17) is 16.3 Å². The van der Waals surface area contributed by atoms with Gasteiger partial charge in [0.15, 0.2) is 0 Å². The fraction of sp³-hybridized carbons (Fsp3) is 0.538. The van der Waals surface area contributed by atoms with E-state index in [2.05, 4.69) is 5.32 Å². The van der Waals surface area contributed by atoms with E-state index in [0.29, 0.717) is 19.7 Å². The van der Waals surface area contributed by atoms with Gasteiger partial charge in [-0.25, -0.2) is 8.42 Å². The fourth-order valence-corrected chi connectivity index (χ4v) is 3.88. The number of morpholine rings is 1. The van der Waals surface area contributed by atoms with Crippen LogP contribution in [-0.2, 0) is 14.8 Å². The van der Waals surface area contributed by atoms with Crippen molar-refractivity contribution in [1.29, 1.82) is 0 Å². The highest BCUT2D eigenvalue weighted by molar-refractivity contribution is 7.89. The summed E-state index contributed by atoms with van der Waals surface area (Å²) in [5.41, 5.74) is 0.927. The van der Waals surface area contributed by atoms with Crippen LogP contribution in [0.5, 0.6) is 0 Å². The van der Waals surface area contributed by atoms with E-state index in [1.54, 1.807) is 25.2 Å². The lowest BCUT2D eigenvalue weighted by molar-refractivity contribution is 0.0206. The summed E-state index contributed by atoms with van der Waals surface area (Å²) in [7, 11) is -2.05. The molecular weight excluding hydrogens is 300 g/mol. The third-order valence-corrected chi connectivity index (χ3v) is 5.55. The van der Waals surface area contributed by atoms with E-state index >= 15 is 0 Å². The summed E-state index contributed by atoms with van der Waals surface area (Å²) in [5, 5.41) is 3.43. The molecule has 0 bridgehead atoms. The molecule has 1 atom stereocenters. The van der Waals surface area contributed by atoms with Gasteiger partial charge in [0.25, 0.3) is 0 Å². The van der Waals surface area contributed by atoms with Gasteiger partial charge in [-0.05, 0) is 24.6 Å². The number of ether oxygens (including phenoxy) is 1. The molecule has 0 aliphatic carbocycles. The van der Waals surface area contributed by atoms with Crippen molar-refractivity contribution >= 4 is 21.6 Å². The first kappa shape index (κ1) is 15.7. The third kappa shape index (κ3) is 3.51. The molecule has 1 heterocycles. The number of benzene rings is 1. The molecule has 7 heteroatoms. The smallest absolute Gasteiger partial charge is 0.244 e. The molecule has 0 aromatic heterocycles. The Balaban J connectivity index is 2.16. The lowest BCUT2D eigenvalue weighted by Crippen LogP contribution is -2.45. The highest BCUT2D eigenvalue weighted by atomic mass is 35.5. The van der Waals surface area contributed by atoms with Crippen molar-refractivity contribution in [3.8, 4) is 0 Å². The van der Waals surface area contributed by atoms with Crippen LogP contribution >= 0.6 is 11.6 Å². The Labute approximate surface area is 124 Å². The summed E-state index contributed by atoms with van der Waals surface area (Å²) >= 11 is 6.05. The van der Waals surface area contributed by atoms with E-state index in [1.165, 1.54) is 4.31 Å². The normalized spacial score (nSPS) is 20.3. The summed E-state index contributed by atoms with van der Waals surface area (Å²) in [5.74, 6) is 0. The summed E-state index contributed by atoms with van der Waals surface area (Å²) in [6.07, 6.45) is -0.132. The van der Waals surface area contributed by atoms with Crippen molar-refractivity contribution in [2.45, 2.75) is 17.9 Å². The Bertz CT molecular complexity index is 571. The molecule has 1 aliphatic heterocycles. The van der Waals surface area contributed by atoms with Crippen LogP contribution in [0.1, 0.15) is 5.56 Å². The van der Waals surface area contributed by atoms with Gasteiger partial charge >= 0.3 is 0 Å². The van der Waals surface area contributed by atoms with Crippen LogP contribution in [0.4, 0.5) is 0 Å². The maximum absolute atomic E-state index is 12.5. The lowest BCUT2D eigenvalue weighted by atomic mass is 10.2. The number of halogens is 1. The average molecular weight is 319 g/mol. The number of nitrogens with zero attached hydrogens (tertiary/aromatic N) is 1. The zero-order valence-electron chi connectivity index (χ0n) is 11.6. The molecule has 0 radical (unpaired) electrons. The Morgan fingerprint density at radius 2 is 2.25 bits per heavy atom. The van der Waals surface area contributed by atoms with Gasteiger partial charge < -0.3 is 10.1 Å². The second kappa shape index (κ2) is 6.41. The Morgan fingerprint density at radius 3 is 2.85 bits per heavy atom. The van der Waals surface area contributed by atoms with E-state index in [9.17, 15) is 8.42 Å². The maximum Gasteiger partial charge on any atom is 0.244 e. The molecular formula is C13H19ClN2O3S. The number of aryl methyl sites for hydroxylation is 1. The average Bonchev–Trinajstić information content (AvgIpc) is 2.39. The van der Waals surface area contributed by atoms with Crippen molar-refractivity contribution in [2.75, 3.05) is 33.3 Å². The Morgan fingerprint density at radius 1 is 1.50 bits per heavy atom. The molecule has 0 amide bonds. The molecule has 1 aliphatic rings. The number of sulfonamides is 1. The highest BCUT2D eigenvalue weighted by Gasteiger charge is 2.27. The molecule has 1 aromatic carbocycles. The first-order valence-electron chi connectivity index (χ1n) is 6.46. The van der Waals surface area contributed by atoms with E-state index in [1.807, 2.05) is 6.92 Å². The van der Waals surface area contributed by atoms with Gasteiger partial charge in [0, 0.05) is 26.7 Å². The minimum atomic E-state index is -3.59. The molecule has 20 heavy (non-hydrogen) atoms. The van der Waals surface area contributed by atoms with Crippen molar-refractivity contribution < 1.29 is 13.2 Å². The van der Waals surface area contributed by atoms with Crippen LogP contribution in [0.15, 0.2) is 23.1 Å². The Hall–Kier alpha value is -0.660. The quantitative estimate of drug-likeness (QED) is 0.908. The number of likely N-dealkylation sites (N-methyl/N-ethyl adjacent to an activating group) is 1. The van der Waals surface area contributed by atoms with E-state index < -0.39 is 10.0 Å². The van der Waals surface area contributed by atoms with Gasteiger partial charge in [0.2, 0.25) is 10.0 Å². The zero-order chi connectivity index (χ0) is 14.8. The zero-order valence-corrected chi connectivity index (χ0v) is 13.2. The third-order valence-electron chi connectivity index (χ3n) is 3.24. The van der Waals surface area contributed by atoms with Gasteiger partial charge in [-0.1, -0.05) is 17.7 Å². The second-order valence-corrected chi connectivity index (χ2v) is 7.34. The molecule has 1 aromatic rings. The summed E-state index contributed by atoms with van der Waals surface area (Å²) in [6, 6.07) is 4.94. The van der Waals surface area contributed by atoms with Crippen LogP contribution < -0.4 is 5.32 Å². The van der Waals surface area contributed by atoms with Crippen molar-refractivity contribution in [3.05, 3.63) is 28.8 Å². The van der Waals surface area contributed by atoms with Crippen molar-refractivity contribution in [3.63, 3.8) is 0 Å². The van der Waals surface area contributed by atoms with Gasteiger partial charge in [0.1, 0.15) is 4.90 Å². The second-order valence-electron chi connectivity index (χ2n) is 4.92. The van der Waals surface area contributed by atoms with Crippen LogP contribution in [0.25, 0.3) is 0 Å². The molecule has 1 saturated heterocycles. The molecule has 1 fully saturated rings. The highest BCUT2D eigenvalue weighted by Crippen LogP contribution is 2.25. The summed E-state index contributed by atoms with van der Waals surface area (Å²) in [6.45, 7) is 4.23. The van der Waals surface area contributed by atoms with Gasteiger partial charge in [-0.2, -0.15) is 4.31 Å². The molecule has 1 N–H and O–H groups in total. The first-order chi connectivity index (χ1) is 9.41. The largest absolute Gasteiger partial charge is 0.374 e. The van der Waals surface area contributed by atoms with Crippen LogP contribution in [-0.4, -0.2) is 52.1 Å². The van der Waals surface area contributed by atoms with E-state index in [-0.39, 0.29) is 16.0 Å².